The summed E-state index contributed by atoms with van der Waals surface area (Å²) < 4.78 is 33.6. The number of piperidine rings is 1. The van der Waals surface area contributed by atoms with Crippen molar-refractivity contribution in [2.24, 2.45) is 0 Å². The highest BCUT2D eigenvalue weighted by Crippen LogP contribution is 2.30. The maximum absolute atomic E-state index is 13.1. The summed E-state index contributed by atoms with van der Waals surface area (Å²) in [6.45, 7) is 6.79. The van der Waals surface area contributed by atoms with Crippen LogP contribution in [0, 0.1) is 0 Å². The Morgan fingerprint density at radius 1 is 1.03 bits per heavy atom. The number of ether oxygens (including phenoxy) is 1. The third-order valence-corrected chi connectivity index (χ3v) is 7.28. The highest BCUT2D eigenvalue weighted by Gasteiger charge is 2.27. The first-order valence-corrected chi connectivity index (χ1v) is 12.6. The summed E-state index contributed by atoms with van der Waals surface area (Å²) in [4.78, 5) is 12.7. The standard InChI is InChI=1S/C24H33N3O4S/c1-18(2)31-23-13-12-21(32(29,30)27-14-8-5-9-15-27)16-22(23)25-17-24(28)26-19(3)20-10-6-4-7-11-20/h4,6-7,10-13,16,18-19,25H,5,8-9,14-15,17H2,1-3H3,(H,26,28)/t19-/m1/s1. The van der Waals surface area contributed by atoms with Gasteiger partial charge in [-0.3, -0.25) is 4.79 Å². The van der Waals surface area contributed by atoms with Gasteiger partial charge in [0, 0.05) is 13.1 Å². The molecule has 8 heteroatoms. The number of carbonyl (C=O) groups excluding carboxylic acids is 1. The van der Waals surface area contributed by atoms with Gasteiger partial charge < -0.3 is 15.4 Å². The van der Waals surface area contributed by atoms with Gasteiger partial charge in [0.15, 0.2) is 0 Å². The molecule has 0 aliphatic carbocycles. The van der Waals surface area contributed by atoms with Gasteiger partial charge in [-0.05, 0) is 57.4 Å². The van der Waals surface area contributed by atoms with E-state index in [1.54, 1.807) is 18.2 Å². The maximum Gasteiger partial charge on any atom is 0.243 e. The minimum Gasteiger partial charge on any atom is -0.489 e. The monoisotopic (exact) mass is 459 g/mol. The number of anilines is 1. The lowest BCUT2D eigenvalue weighted by Crippen LogP contribution is -2.35. The molecule has 2 aromatic rings. The minimum atomic E-state index is -3.59. The van der Waals surface area contributed by atoms with Gasteiger partial charge in [-0.15, -0.1) is 0 Å². The molecule has 0 spiro atoms. The Hall–Kier alpha value is -2.58. The third kappa shape index (κ3) is 6.23. The van der Waals surface area contributed by atoms with Gasteiger partial charge in [0.1, 0.15) is 5.75 Å². The molecule has 1 heterocycles. The molecule has 0 radical (unpaired) electrons. The zero-order chi connectivity index (χ0) is 23.1. The number of sulfonamides is 1. The van der Waals surface area contributed by atoms with Gasteiger partial charge in [0.05, 0.1) is 29.3 Å². The van der Waals surface area contributed by atoms with Crippen molar-refractivity contribution in [1.29, 1.82) is 0 Å². The van der Waals surface area contributed by atoms with Crippen molar-refractivity contribution in [1.82, 2.24) is 9.62 Å². The number of hydrogen-bond donors (Lipinski definition) is 2. The zero-order valence-electron chi connectivity index (χ0n) is 19.0. The molecule has 0 saturated carbocycles. The molecule has 0 bridgehead atoms. The smallest absolute Gasteiger partial charge is 0.243 e. The minimum absolute atomic E-state index is 0.00115. The van der Waals surface area contributed by atoms with Crippen LogP contribution < -0.4 is 15.4 Å². The average Bonchev–Trinajstić information content (AvgIpc) is 2.79. The van der Waals surface area contributed by atoms with Gasteiger partial charge >= 0.3 is 0 Å². The van der Waals surface area contributed by atoms with Crippen LogP contribution in [0.1, 0.15) is 51.6 Å². The number of amides is 1. The van der Waals surface area contributed by atoms with E-state index in [1.807, 2.05) is 51.1 Å². The number of rotatable bonds is 9. The molecule has 0 aromatic heterocycles. The van der Waals surface area contributed by atoms with Gasteiger partial charge in [0.2, 0.25) is 15.9 Å². The van der Waals surface area contributed by atoms with E-state index in [-0.39, 0.29) is 29.5 Å². The van der Waals surface area contributed by atoms with E-state index in [0.29, 0.717) is 24.5 Å². The van der Waals surface area contributed by atoms with Crippen LogP contribution >= 0.6 is 0 Å². The quantitative estimate of drug-likeness (QED) is 0.593. The largest absolute Gasteiger partial charge is 0.489 e. The highest BCUT2D eigenvalue weighted by atomic mass is 32.2. The van der Waals surface area contributed by atoms with Crippen molar-refractivity contribution >= 4 is 21.6 Å². The van der Waals surface area contributed by atoms with Gasteiger partial charge in [-0.2, -0.15) is 4.31 Å². The van der Waals surface area contributed by atoms with E-state index in [2.05, 4.69) is 10.6 Å². The second-order valence-electron chi connectivity index (χ2n) is 8.34. The molecule has 2 aromatic carbocycles. The van der Waals surface area contributed by atoms with Crippen LogP contribution in [-0.2, 0) is 14.8 Å². The van der Waals surface area contributed by atoms with Crippen LogP contribution in [0.2, 0.25) is 0 Å². The molecule has 1 aliphatic heterocycles. The second-order valence-corrected chi connectivity index (χ2v) is 10.3. The highest BCUT2D eigenvalue weighted by molar-refractivity contribution is 7.89. The molecule has 1 aliphatic rings. The molecule has 7 nitrogen and oxygen atoms in total. The predicted octanol–water partition coefficient (Wildman–Crippen LogP) is 3.94. The summed E-state index contributed by atoms with van der Waals surface area (Å²) in [5.41, 5.74) is 1.50. The van der Waals surface area contributed by atoms with Crippen molar-refractivity contribution in [2.75, 3.05) is 25.0 Å². The Labute approximate surface area is 191 Å². The lowest BCUT2D eigenvalue weighted by Gasteiger charge is -2.26. The van der Waals surface area contributed by atoms with E-state index < -0.39 is 10.0 Å². The number of nitrogens with one attached hydrogen (secondary N) is 2. The van der Waals surface area contributed by atoms with E-state index in [1.165, 1.54) is 4.31 Å². The maximum atomic E-state index is 13.1. The molecule has 174 valence electrons. The van der Waals surface area contributed by atoms with E-state index in [4.69, 9.17) is 4.74 Å². The SMILES string of the molecule is CC(C)Oc1ccc(S(=O)(=O)N2CCCCC2)cc1NCC(=O)N[C@H](C)c1ccccc1. The second kappa shape index (κ2) is 10.8. The average molecular weight is 460 g/mol. The number of hydrogen-bond acceptors (Lipinski definition) is 5. The van der Waals surface area contributed by atoms with Gasteiger partial charge in [-0.25, -0.2) is 8.42 Å². The lowest BCUT2D eigenvalue weighted by atomic mass is 10.1. The Balaban J connectivity index is 1.74. The van der Waals surface area contributed by atoms with Crippen molar-refractivity contribution < 1.29 is 17.9 Å². The molecule has 32 heavy (non-hydrogen) atoms. The molecule has 1 fully saturated rings. The summed E-state index contributed by atoms with van der Waals surface area (Å²) in [5, 5.41) is 6.03. The summed E-state index contributed by atoms with van der Waals surface area (Å²) in [6, 6.07) is 14.4. The van der Waals surface area contributed by atoms with Crippen molar-refractivity contribution in [3.63, 3.8) is 0 Å². The van der Waals surface area contributed by atoms with Crippen LogP contribution in [0.25, 0.3) is 0 Å². The summed E-state index contributed by atoms with van der Waals surface area (Å²) in [7, 11) is -3.59. The van der Waals surface area contributed by atoms with Crippen LogP contribution in [0.3, 0.4) is 0 Å². The normalized spacial score (nSPS) is 15.9. The van der Waals surface area contributed by atoms with Gasteiger partial charge in [-0.1, -0.05) is 36.8 Å². The number of benzene rings is 2. The topological polar surface area (TPSA) is 87.7 Å². The van der Waals surface area contributed by atoms with E-state index in [9.17, 15) is 13.2 Å². The Morgan fingerprint density at radius 2 is 1.72 bits per heavy atom. The summed E-state index contributed by atoms with van der Waals surface area (Å²) in [6.07, 6.45) is 2.71. The molecule has 2 N–H and O–H groups in total. The molecule has 1 saturated heterocycles. The Morgan fingerprint density at radius 3 is 2.38 bits per heavy atom. The van der Waals surface area contributed by atoms with Crippen LogP contribution in [0.15, 0.2) is 53.4 Å². The summed E-state index contributed by atoms with van der Waals surface area (Å²) in [5.74, 6) is 0.322. The van der Waals surface area contributed by atoms with E-state index >= 15 is 0 Å². The fourth-order valence-electron chi connectivity index (χ4n) is 3.71. The molecule has 1 amide bonds. The molecule has 1 atom stereocenters. The van der Waals surface area contributed by atoms with Crippen LogP contribution in [-0.4, -0.2) is 44.4 Å². The molecular formula is C24H33N3O4S. The lowest BCUT2D eigenvalue weighted by molar-refractivity contribution is -0.120. The van der Waals surface area contributed by atoms with Gasteiger partial charge in [0.25, 0.3) is 0 Å². The first-order valence-electron chi connectivity index (χ1n) is 11.2. The van der Waals surface area contributed by atoms with Crippen molar-refractivity contribution in [3.05, 3.63) is 54.1 Å². The summed E-state index contributed by atoms with van der Waals surface area (Å²) >= 11 is 0. The first kappa shape index (κ1) is 24.1. The number of nitrogens with zero attached hydrogens (tertiary/aromatic N) is 1. The third-order valence-electron chi connectivity index (χ3n) is 5.38. The molecule has 3 rings (SSSR count). The first-order chi connectivity index (χ1) is 15.3. The molecule has 0 unspecified atom stereocenters. The predicted molar refractivity (Wildman–Crippen MR) is 126 cm³/mol. The zero-order valence-corrected chi connectivity index (χ0v) is 19.8. The fourth-order valence-corrected chi connectivity index (χ4v) is 5.26. The van der Waals surface area contributed by atoms with E-state index in [0.717, 1.165) is 24.8 Å². The van der Waals surface area contributed by atoms with Crippen LogP contribution in [0.5, 0.6) is 5.75 Å². The fraction of sp³-hybridized carbons (Fsp3) is 0.458. The molecular weight excluding hydrogens is 426 g/mol. The Bertz CT molecular complexity index is 1000. The van der Waals surface area contributed by atoms with Crippen LogP contribution in [0.4, 0.5) is 5.69 Å². The Kier molecular flexibility index (Phi) is 8.15. The number of carbonyl (C=O) groups is 1. The van der Waals surface area contributed by atoms with Crippen molar-refractivity contribution in [2.45, 2.75) is 57.1 Å². The van der Waals surface area contributed by atoms with Crippen molar-refractivity contribution in [3.8, 4) is 5.75 Å².